The van der Waals surface area contributed by atoms with Gasteiger partial charge in [0.15, 0.2) is 0 Å². The van der Waals surface area contributed by atoms with Gasteiger partial charge in [0.05, 0.1) is 12.9 Å². The number of benzene rings is 1. The number of hydrogen-bond donors (Lipinski definition) is 6. The van der Waals surface area contributed by atoms with E-state index in [9.17, 15) is 24.3 Å². The molecule has 11 nitrogen and oxygen atoms in total. The number of carbonyl (C=O) groups excluding carboxylic acids is 3. The molecule has 1 aromatic heterocycles. The SMILES string of the molecule is CC(NC(=O)C(Cc1cnc[nH]1)NC(=O)CN)C(=O)NC(Cc1ccccc1)C(=O)O. The minimum atomic E-state index is -1.19. The Balaban J connectivity index is 1.99. The van der Waals surface area contributed by atoms with Crippen molar-refractivity contribution in [2.75, 3.05) is 6.54 Å². The molecule has 3 amide bonds. The molecule has 0 aliphatic heterocycles. The highest BCUT2D eigenvalue weighted by atomic mass is 16.4. The number of amides is 3. The van der Waals surface area contributed by atoms with E-state index in [0.717, 1.165) is 5.56 Å². The van der Waals surface area contributed by atoms with Gasteiger partial charge in [-0.25, -0.2) is 9.78 Å². The molecule has 0 saturated heterocycles. The number of H-pyrrole nitrogens is 1. The number of nitrogens with two attached hydrogens (primary N) is 1. The number of hydrogen-bond acceptors (Lipinski definition) is 6. The van der Waals surface area contributed by atoms with Crippen LogP contribution in [0, 0.1) is 0 Å². The standard InChI is InChI=1S/C20H26N6O5/c1-12(18(28)26-16(20(30)31)7-13-5-3-2-4-6-13)24-19(29)15(25-17(27)9-21)8-14-10-22-11-23-14/h2-6,10-12,15-16H,7-9,21H2,1H3,(H,22,23)(H,24,29)(H,25,27)(H,26,28)(H,30,31). The molecule has 7 N–H and O–H groups in total. The number of aliphatic carboxylic acids is 1. The number of nitrogens with one attached hydrogen (secondary N) is 4. The molecule has 3 atom stereocenters. The second kappa shape index (κ2) is 11.5. The number of carbonyl (C=O) groups is 4. The van der Waals surface area contributed by atoms with Gasteiger partial charge in [0.1, 0.15) is 18.1 Å². The number of carboxylic acids is 1. The topological polar surface area (TPSA) is 179 Å². The fraction of sp³-hybridized carbons (Fsp3) is 0.350. The monoisotopic (exact) mass is 430 g/mol. The Morgan fingerprint density at radius 1 is 1.03 bits per heavy atom. The number of carboxylic acid groups (broad SMARTS) is 1. The van der Waals surface area contributed by atoms with Crippen LogP contribution in [-0.2, 0) is 32.0 Å². The number of aromatic nitrogens is 2. The van der Waals surface area contributed by atoms with E-state index < -0.39 is 41.8 Å². The summed E-state index contributed by atoms with van der Waals surface area (Å²) in [5.74, 6) is -3.01. The van der Waals surface area contributed by atoms with Crippen molar-refractivity contribution in [1.29, 1.82) is 0 Å². The van der Waals surface area contributed by atoms with Gasteiger partial charge in [-0.05, 0) is 12.5 Å². The van der Waals surface area contributed by atoms with Gasteiger partial charge in [0.2, 0.25) is 17.7 Å². The van der Waals surface area contributed by atoms with Crippen LogP contribution in [0.15, 0.2) is 42.9 Å². The first kappa shape index (κ1) is 23.5. The molecule has 166 valence electrons. The summed E-state index contributed by atoms with van der Waals surface area (Å²) in [6.07, 6.45) is 3.14. The van der Waals surface area contributed by atoms with Crippen molar-refractivity contribution < 1.29 is 24.3 Å². The van der Waals surface area contributed by atoms with E-state index in [1.165, 1.54) is 19.4 Å². The Kier molecular flexibility index (Phi) is 8.70. The Hall–Kier alpha value is -3.73. The Labute approximate surface area is 178 Å². The van der Waals surface area contributed by atoms with E-state index in [2.05, 4.69) is 25.9 Å². The maximum absolute atomic E-state index is 12.6. The fourth-order valence-electron chi connectivity index (χ4n) is 2.80. The second-order valence-electron chi connectivity index (χ2n) is 6.92. The fourth-order valence-corrected chi connectivity index (χ4v) is 2.80. The molecular weight excluding hydrogens is 404 g/mol. The van der Waals surface area contributed by atoms with Gasteiger partial charge in [0.25, 0.3) is 0 Å². The summed E-state index contributed by atoms with van der Waals surface area (Å²) in [5, 5.41) is 16.9. The Morgan fingerprint density at radius 3 is 2.32 bits per heavy atom. The van der Waals surface area contributed by atoms with Crippen molar-refractivity contribution in [2.24, 2.45) is 5.73 Å². The third-order valence-corrected chi connectivity index (χ3v) is 4.47. The van der Waals surface area contributed by atoms with Crippen LogP contribution in [0.25, 0.3) is 0 Å². The normalized spacial score (nSPS) is 13.5. The lowest BCUT2D eigenvalue weighted by Crippen LogP contribution is -2.56. The van der Waals surface area contributed by atoms with Crippen LogP contribution >= 0.6 is 0 Å². The summed E-state index contributed by atoms with van der Waals surface area (Å²) in [4.78, 5) is 55.1. The molecule has 0 fully saturated rings. The first-order chi connectivity index (χ1) is 14.8. The maximum Gasteiger partial charge on any atom is 0.326 e. The van der Waals surface area contributed by atoms with Crippen molar-refractivity contribution in [2.45, 2.75) is 37.9 Å². The predicted octanol–water partition coefficient (Wildman–Crippen LogP) is -1.29. The van der Waals surface area contributed by atoms with Gasteiger partial charge in [-0.3, -0.25) is 14.4 Å². The van der Waals surface area contributed by atoms with Crippen LogP contribution < -0.4 is 21.7 Å². The Bertz CT molecular complexity index is 887. The lowest BCUT2D eigenvalue weighted by Gasteiger charge is -2.22. The zero-order chi connectivity index (χ0) is 22.8. The van der Waals surface area contributed by atoms with Crippen LogP contribution in [0.3, 0.4) is 0 Å². The van der Waals surface area contributed by atoms with Crippen molar-refractivity contribution in [3.8, 4) is 0 Å². The van der Waals surface area contributed by atoms with Crippen LogP contribution in [0.4, 0.5) is 0 Å². The molecule has 1 aromatic carbocycles. The zero-order valence-electron chi connectivity index (χ0n) is 17.0. The highest BCUT2D eigenvalue weighted by molar-refractivity contribution is 5.93. The molecule has 0 bridgehead atoms. The number of nitrogens with zero attached hydrogens (tertiary/aromatic N) is 1. The molecule has 2 rings (SSSR count). The van der Waals surface area contributed by atoms with Gasteiger partial charge in [-0.2, -0.15) is 0 Å². The van der Waals surface area contributed by atoms with Crippen molar-refractivity contribution >= 4 is 23.7 Å². The number of aromatic amines is 1. The highest BCUT2D eigenvalue weighted by Gasteiger charge is 2.27. The van der Waals surface area contributed by atoms with Crippen LogP contribution in [-0.4, -0.2) is 63.4 Å². The summed E-state index contributed by atoms with van der Waals surface area (Å²) < 4.78 is 0. The third kappa shape index (κ3) is 7.55. The molecule has 0 saturated carbocycles. The minimum absolute atomic E-state index is 0.0948. The first-order valence-electron chi connectivity index (χ1n) is 9.64. The van der Waals surface area contributed by atoms with Gasteiger partial charge in [-0.15, -0.1) is 0 Å². The molecule has 2 aromatic rings. The van der Waals surface area contributed by atoms with E-state index in [-0.39, 0.29) is 19.4 Å². The number of rotatable bonds is 11. The first-order valence-corrected chi connectivity index (χ1v) is 9.64. The summed E-state index contributed by atoms with van der Waals surface area (Å²) in [7, 11) is 0. The van der Waals surface area contributed by atoms with Gasteiger partial charge >= 0.3 is 5.97 Å². The van der Waals surface area contributed by atoms with Crippen LogP contribution in [0.2, 0.25) is 0 Å². The van der Waals surface area contributed by atoms with Crippen molar-refractivity contribution in [3.05, 3.63) is 54.1 Å². The number of imidazole rings is 1. The summed E-state index contributed by atoms with van der Waals surface area (Å²) in [5.41, 5.74) is 6.65. The largest absolute Gasteiger partial charge is 0.480 e. The lowest BCUT2D eigenvalue weighted by atomic mass is 10.1. The quantitative estimate of drug-likeness (QED) is 0.257. The molecule has 0 radical (unpaired) electrons. The average Bonchev–Trinajstić information content (AvgIpc) is 3.26. The third-order valence-electron chi connectivity index (χ3n) is 4.47. The Morgan fingerprint density at radius 2 is 1.74 bits per heavy atom. The van der Waals surface area contributed by atoms with E-state index in [4.69, 9.17) is 5.73 Å². The molecule has 3 unspecified atom stereocenters. The van der Waals surface area contributed by atoms with Gasteiger partial charge in [-0.1, -0.05) is 30.3 Å². The molecule has 11 heteroatoms. The predicted molar refractivity (Wildman–Crippen MR) is 111 cm³/mol. The average molecular weight is 430 g/mol. The highest BCUT2D eigenvalue weighted by Crippen LogP contribution is 2.04. The molecular formula is C20H26N6O5. The smallest absolute Gasteiger partial charge is 0.326 e. The van der Waals surface area contributed by atoms with E-state index >= 15 is 0 Å². The molecule has 0 aliphatic rings. The molecule has 1 heterocycles. The minimum Gasteiger partial charge on any atom is -0.480 e. The van der Waals surface area contributed by atoms with E-state index in [1.54, 1.807) is 30.3 Å². The van der Waals surface area contributed by atoms with Crippen molar-refractivity contribution in [1.82, 2.24) is 25.9 Å². The van der Waals surface area contributed by atoms with Crippen LogP contribution in [0.1, 0.15) is 18.2 Å². The van der Waals surface area contributed by atoms with Gasteiger partial charge < -0.3 is 31.8 Å². The van der Waals surface area contributed by atoms with E-state index in [0.29, 0.717) is 5.69 Å². The summed E-state index contributed by atoms with van der Waals surface area (Å²) in [6.45, 7) is 1.12. The molecule has 0 spiro atoms. The maximum atomic E-state index is 12.6. The molecule has 0 aliphatic carbocycles. The lowest BCUT2D eigenvalue weighted by molar-refractivity contribution is -0.142. The van der Waals surface area contributed by atoms with Gasteiger partial charge in [0, 0.05) is 24.7 Å². The van der Waals surface area contributed by atoms with E-state index in [1.807, 2.05) is 0 Å². The second-order valence-corrected chi connectivity index (χ2v) is 6.92. The summed E-state index contributed by atoms with van der Waals surface area (Å²) in [6, 6.07) is 5.67. The zero-order valence-corrected chi connectivity index (χ0v) is 17.0. The van der Waals surface area contributed by atoms with Crippen molar-refractivity contribution in [3.63, 3.8) is 0 Å². The summed E-state index contributed by atoms with van der Waals surface area (Å²) >= 11 is 0. The molecule has 31 heavy (non-hydrogen) atoms. The van der Waals surface area contributed by atoms with Crippen LogP contribution in [0.5, 0.6) is 0 Å².